The first-order chi connectivity index (χ1) is 15.0. The van der Waals surface area contributed by atoms with E-state index in [0.29, 0.717) is 49.9 Å². The molecule has 0 saturated carbocycles. The van der Waals surface area contributed by atoms with Crippen LogP contribution < -0.4 is 5.56 Å². The van der Waals surface area contributed by atoms with Crippen molar-refractivity contribution in [2.24, 2.45) is 5.92 Å². The molecule has 4 aliphatic heterocycles. The van der Waals surface area contributed by atoms with Crippen LogP contribution in [0.4, 0.5) is 0 Å². The zero-order valence-corrected chi connectivity index (χ0v) is 17.9. The molecule has 7 heteroatoms. The summed E-state index contributed by atoms with van der Waals surface area (Å²) < 4.78 is 7.69. The van der Waals surface area contributed by atoms with Crippen molar-refractivity contribution in [3.8, 4) is 0 Å². The largest absolute Gasteiger partial charge is 0.375 e. The minimum atomic E-state index is -0.00266. The summed E-state index contributed by atoms with van der Waals surface area (Å²) in [6.07, 6.45) is 2.48. The maximum atomic E-state index is 13.3. The zero-order valence-electron chi connectivity index (χ0n) is 17.9. The van der Waals surface area contributed by atoms with E-state index in [1.807, 2.05) is 34.6 Å². The van der Waals surface area contributed by atoms with Gasteiger partial charge in [0.2, 0.25) is 0 Å². The Kier molecular flexibility index (Phi) is 4.51. The Morgan fingerprint density at radius 2 is 2.03 bits per heavy atom. The lowest BCUT2D eigenvalue weighted by Crippen LogP contribution is -2.49. The molecule has 4 atom stereocenters. The van der Waals surface area contributed by atoms with Crippen molar-refractivity contribution in [2.45, 2.75) is 50.9 Å². The Labute approximate surface area is 181 Å². The topological polar surface area (TPSA) is 67.7 Å². The molecule has 3 saturated heterocycles. The number of carbonyl (C=O) groups is 1. The predicted octanol–water partition coefficient (Wildman–Crippen LogP) is 1.78. The highest BCUT2D eigenvalue weighted by molar-refractivity contribution is 5.92. The molecule has 2 aromatic rings. The van der Waals surface area contributed by atoms with Crippen molar-refractivity contribution in [1.29, 1.82) is 0 Å². The van der Waals surface area contributed by atoms with Crippen LogP contribution in [0.25, 0.3) is 0 Å². The summed E-state index contributed by atoms with van der Waals surface area (Å²) in [5, 5.41) is 0. The summed E-state index contributed by atoms with van der Waals surface area (Å²) in [6.45, 7) is 6.37. The number of hydrogen-bond acceptors (Lipinski definition) is 5. The normalized spacial score (nSPS) is 29.3. The van der Waals surface area contributed by atoms with Crippen LogP contribution in [-0.2, 0) is 17.8 Å². The van der Waals surface area contributed by atoms with Gasteiger partial charge in [0.1, 0.15) is 5.69 Å². The Balaban J connectivity index is 1.23. The fourth-order valence-corrected chi connectivity index (χ4v) is 5.99. The molecule has 3 fully saturated rings. The molecular weight excluding hydrogens is 392 g/mol. The third-order valence-corrected chi connectivity index (χ3v) is 7.46. The molecule has 6 heterocycles. The van der Waals surface area contributed by atoms with Gasteiger partial charge >= 0.3 is 0 Å². The Bertz CT molecular complexity index is 1100. The fourth-order valence-electron chi connectivity index (χ4n) is 5.99. The highest BCUT2D eigenvalue weighted by Gasteiger charge is 2.40. The average Bonchev–Trinajstić information content (AvgIpc) is 3.39. The van der Waals surface area contributed by atoms with Gasteiger partial charge in [-0.3, -0.25) is 14.5 Å². The van der Waals surface area contributed by atoms with Gasteiger partial charge in [-0.05, 0) is 43.9 Å². The summed E-state index contributed by atoms with van der Waals surface area (Å²) in [6, 6.07) is 10.2. The summed E-state index contributed by atoms with van der Waals surface area (Å²) >= 11 is 0. The van der Waals surface area contributed by atoms with E-state index in [9.17, 15) is 9.59 Å². The number of amides is 1. The molecule has 0 aromatic carbocycles. The van der Waals surface area contributed by atoms with E-state index >= 15 is 0 Å². The lowest BCUT2D eigenvalue weighted by Gasteiger charge is -2.43. The number of aromatic nitrogens is 2. The molecule has 6 rings (SSSR count). The van der Waals surface area contributed by atoms with E-state index < -0.39 is 0 Å². The number of pyridine rings is 2. The van der Waals surface area contributed by atoms with Crippen molar-refractivity contribution in [3.63, 3.8) is 0 Å². The average molecular weight is 421 g/mol. The quantitative estimate of drug-likeness (QED) is 0.757. The van der Waals surface area contributed by atoms with Crippen molar-refractivity contribution in [2.75, 3.05) is 26.2 Å². The Morgan fingerprint density at radius 3 is 2.81 bits per heavy atom. The monoisotopic (exact) mass is 420 g/mol. The number of rotatable bonds is 3. The summed E-state index contributed by atoms with van der Waals surface area (Å²) in [7, 11) is 0. The third kappa shape index (κ3) is 3.31. The lowest BCUT2D eigenvalue weighted by molar-refractivity contribution is 0.0270. The lowest BCUT2D eigenvalue weighted by atomic mass is 9.82. The second kappa shape index (κ2) is 7.28. The molecule has 0 N–H and O–H groups in total. The predicted molar refractivity (Wildman–Crippen MR) is 115 cm³/mol. The molecule has 0 radical (unpaired) electrons. The van der Waals surface area contributed by atoms with Crippen LogP contribution in [0.1, 0.15) is 46.2 Å². The van der Waals surface area contributed by atoms with Crippen LogP contribution in [0.15, 0.2) is 35.1 Å². The first-order valence-electron chi connectivity index (χ1n) is 11.4. The smallest absolute Gasteiger partial charge is 0.272 e. The maximum Gasteiger partial charge on any atom is 0.272 e. The van der Waals surface area contributed by atoms with Crippen LogP contribution >= 0.6 is 0 Å². The number of aryl methyl sites for hydroxylation is 1. The second-order valence-corrected chi connectivity index (χ2v) is 9.65. The minimum Gasteiger partial charge on any atom is -0.375 e. The number of likely N-dealkylation sites (tertiary alicyclic amines) is 2. The van der Waals surface area contributed by atoms with Crippen molar-refractivity contribution in [3.05, 3.63) is 63.3 Å². The van der Waals surface area contributed by atoms with E-state index in [4.69, 9.17) is 4.74 Å². The first-order valence-corrected chi connectivity index (χ1v) is 11.4. The number of morpholine rings is 1. The van der Waals surface area contributed by atoms with Crippen LogP contribution in [0.5, 0.6) is 0 Å². The van der Waals surface area contributed by atoms with Crippen LogP contribution in [0, 0.1) is 12.8 Å². The summed E-state index contributed by atoms with van der Waals surface area (Å²) in [5.41, 5.74) is 3.47. The van der Waals surface area contributed by atoms with Gasteiger partial charge in [-0.1, -0.05) is 12.1 Å². The van der Waals surface area contributed by atoms with E-state index in [-0.39, 0.29) is 17.4 Å². The highest BCUT2D eigenvalue weighted by Crippen LogP contribution is 2.36. The second-order valence-electron chi connectivity index (χ2n) is 9.65. The molecule has 0 aliphatic carbocycles. The SMILES string of the molecule is Cc1cccc(C(=O)N2C[C@@H]3C[C@H](C2)c2ccc(CN4C[C@H]5C[C@@H]4CO5)c(=O)n2C3)n1. The van der Waals surface area contributed by atoms with E-state index in [1.165, 1.54) is 0 Å². The molecular formula is C24H28N4O3. The Morgan fingerprint density at radius 1 is 1.13 bits per heavy atom. The number of nitrogens with zero attached hydrogens (tertiary/aromatic N) is 4. The van der Waals surface area contributed by atoms with Crippen molar-refractivity contribution in [1.82, 2.24) is 19.4 Å². The molecule has 4 bridgehead atoms. The number of ether oxygens (including phenoxy) is 1. The summed E-state index contributed by atoms with van der Waals surface area (Å²) in [4.78, 5) is 35.1. The maximum absolute atomic E-state index is 13.3. The highest BCUT2D eigenvalue weighted by atomic mass is 16.5. The van der Waals surface area contributed by atoms with Gasteiger partial charge in [0.05, 0.1) is 12.7 Å². The van der Waals surface area contributed by atoms with Gasteiger partial charge in [0.25, 0.3) is 11.5 Å². The molecule has 2 aromatic heterocycles. The molecule has 0 spiro atoms. The molecule has 31 heavy (non-hydrogen) atoms. The molecule has 0 unspecified atom stereocenters. The number of carbonyl (C=O) groups excluding carboxylic acids is 1. The molecule has 162 valence electrons. The number of piperidine rings is 1. The van der Waals surface area contributed by atoms with E-state index in [1.54, 1.807) is 6.07 Å². The van der Waals surface area contributed by atoms with Gasteiger partial charge in [0.15, 0.2) is 0 Å². The molecule has 1 amide bonds. The van der Waals surface area contributed by atoms with Crippen LogP contribution in [0.2, 0.25) is 0 Å². The summed E-state index contributed by atoms with van der Waals surface area (Å²) in [5.74, 6) is 0.514. The van der Waals surface area contributed by atoms with E-state index in [2.05, 4.69) is 16.0 Å². The van der Waals surface area contributed by atoms with Gasteiger partial charge in [-0.25, -0.2) is 4.98 Å². The first kappa shape index (κ1) is 19.2. The Hall–Kier alpha value is -2.51. The van der Waals surface area contributed by atoms with Crippen molar-refractivity contribution >= 4 is 5.91 Å². The zero-order chi connectivity index (χ0) is 21.1. The fraction of sp³-hybridized carbons (Fsp3) is 0.542. The van der Waals surface area contributed by atoms with Crippen molar-refractivity contribution < 1.29 is 9.53 Å². The van der Waals surface area contributed by atoms with Gasteiger partial charge < -0.3 is 14.2 Å². The van der Waals surface area contributed by atoms with Gasteiger partial charge in [-0.2, -0.15) is 0 Å². The number of hydrogen-bond donors (Lipinski definition) is 0. The van der Waals surface area contributed by atoms with E-state index in [0.717, 1.165) is 42.9 Å². The third-order valence-electron chi connectivity index (χ3n) is 7.46. The van der Waals surface area contributed by atoms with Crippen LogP contribution in [0.3, 0.4) is 0 Å². The van der Waals surface area contributed by atoms with Gasteiger partial charge in [-0.15, -0.1) is 0 Å². The van der Waals surface area contributed by atoms with Gasteiger partial charge in [0, 0.05) is 61.6 Å². The molecule has 4 aliphatic rings. The number of fused-ring (bicyclic) bond motifs is 6. The minimum absolute atomic E-state index is 0.00266. The standard InChI is InChI=1S/C24H28N4O3/c1-15-3-2-4-21(25-15)24(30)27-9-16-7-18(12-27)22-6-5-17(23(29)28(22)10-16)11-26-13-20-8-19(26)14-31-20/h2-6,16,18-20H,7-14H2,1H3/t16-,18+,19+,20+/m0/s1. The molecule has 7 nitrogen and oxygen atoms in total. The van der Waals surface area contributed by atoms with Crippen LogP contribution in [-0.4, -0.2) is 63.6 Å².